The van der Waals surface area contributed by atoms with Crippen LogP contribution >= 0.6 is 0 Å². The van der Waals surface area contributed by atoms with Gasteiger partial charge in [-0.05, 0) is 24.3 Å². The van der Waals surface area contributed by atoms with Crippen LogP contribution in [-0.2, 0) is 9.53 Å². The monoisotopic (exact) mass is 329 g/mol. The molecule has 0 aliphatic carbocycles. The minimum absolute atomic E-state index is 0.0765. The molecule has 0 atom stereocenters. The summed E-state index contributed by atoms with van der Waals surface area (Å²) in [6.07, 6.45) is 1.34. The van der Waals surface area contributed by atoms with Gasteiger partial charge in [-0.1, -0.05) is 24.3 Å². The Labute approximate surface area is 137 Å². The normalized spacial score (nSPS) is 11.0. The lowest BCUT2D eigenvalue weighted by Gasteiger charge is -2.10. The molecule has 0 fully saturated rings. The molecule has 0 spiro atoms. The second-order valence-electron chi connectivity index (χ2n) is 4.73. The lowest BCUT2D eigenvalue weighted by atomic mass is 10.1. The van der Waals surface area contributed by atoms with E-state index in [1.165, 1.54) is 43.5 Å². The number of hydrogen-bond acceptors (Lipinski definition) is 6. The Morgan fingerprint density at radius 2 is 1.88 bits per heavy atom. The molecule has 0 saturated heterocycles. The van der Waals surface area contributed by atoms with Crippen LogP contribution in [0.5, 0.6) is 11.5 Å². The van der Waals surface area contributed by atoms with Crippen molar-refractivity contribution >= 4 is 17.7 Å². The molecule has 0 amide bonds. The Bertz CT molecular complexity index is 784. The first-order valence-corrected chi connectivity index (χ1v) is 6.96. The zero-order chi connectivity index (χ0) is 17.5. The molecule has 7 nitrogen and oxygen atoms in total. The van der Waals surface area contributed by atoms with Gasteiger partial charge in [0, 0.05) is 6.07 Å². The van der Waals surface area contributed by atoms with Crippen LogP contribution in [0.2, 0.25) is 0 Å². The highest BCUT2D eigenvalue weighted by Gasteiger charge is 2.16. The van der Waals surface area contributed by atoms with Crippen molar-refractivity contribution in [3.05, 3.63) is 69.8 Å². The Morgan fingerprint density at radius 1 is 1.21 bits per heavy atom. The summed E-state index contributed by atoms with van der Waals surface area (Å²) < 4.78 is 10.1. The third kappa shape index (κ3) is 4.10. The number of nitro benzene ring substituents is 1. The van der Waals surface area contributed by atoms with Crippen molar-refractivity contribution in [2.45, 2.75) is 0 Å². The zero-order valence-electron chi connectivity index (χ0n) is 12.8. The second kappa shape index (κ2) is 7.77. The van der Waals surface area contributed by atoms with E-state index in [2.05, 4.69) is 4.74 Å². The number of aromatic hydroxyl groups is 1. The highest BCUT2D eigenvalue weighted by molar-refractivity contribution is 5.94. The fraction of sp³-hybridized carbons (Fsp3) is 0.118. The molecule has 2 rings (SSSR count). The van der Waals surface area contributed by atoms with E-state index in [-0.39, 0.29) is 34.9 Å². The number of ether oxygens (including phenoxy) is 2. The molecule has 0 heterocycles. The Balaban J connectivity index is 2.31. The molecule has 7 heteroatoms. The van der Waals surface area contributed by atoms with Crippen molar-refractivity contribution in [2.75, 3.05) is 13.7 Å². The second-order valence-corrected chi connectivity index (χ2v) is 4.73. The summed E-state index contributed by atoms with van der Waals surface area (Å²) in [6.45, 7) is -0.212. The first-order valence-electron chi connectivity index (χ1n) is 6.96. The predicted molar refractivity (Wildman–Crippen MR) is 86.7 cm³/mol. The maximum atomic E-state index is 11.9. The smallest absolute Gasteiger partial charge is 0.337 e. The highest BCUT2D eigenvalue weighted by atomic mass is 16.6. The number of benzene rings is 2. The van der Waals surface area contributed by atoms with E-state index in [4.69, 9.17) is 4.74 Å². The van der Waals surface area contributed by atoms with Crippen LogP contribution in [-0.4, -0.2) is 29.7 Å². The van der Waals surface area contributed by atoms with Gasteiger partial charge < -0.3 is 14.6 Å². The third-order valence-electron chi connectivity index (χ3n) is 3.16. The van der Waals surface area contributed by atoms with E-state index in [9.17, 15) is 20.0 Å². The quantitative estimate of drug-likeness (QED) is 0.378. The standard InChI is InChI=1S/C17H15NO6/c1-23-17(20)13(11-24-16-9-5-4-8-15(16)19)10-12-6-2-3-7-14(12)18(21)22/h2-10,19H,11H2,1H3/b13-10-. The van der Waals surface area contributed by atoms with Crippen molar-refractivity contribution in [1.29, 1.82) is 0 Å². The molecule has 24 heavy (non-hydrogen) atoms. The maximum Gasteiger partial charge on any atom is 0.337 e. The number of para-hydroxylation sites is 3. The van der Waals surface area contributed by atoms with Crippen molar-refractivity contribution < 1.29 is 24.3 Å². The van der Waals surface area contributed by atoms with E-state index < -0.39 is 10.9 Å². The van der Waals surface area contributed by atoms with Crippen LogP contribution in [0.15, 0.2) is 54.1 Å². The highest BCUT2D eigenvalue weighted by Crippen LogP contribution is 2.26. The van der Waals surface area contributed by atoms with Gasteiger partial charge in [-0.3, -0.25) is 10.1 Å². The fourth-order valence-corrected chi connectivity index (χ4v) is 1.99. The summed E-state index contributed by atoms with van der Waals surface area (Å²) in [5, 5.41) is 20.7. The van der Waals surface area contributed by atoms with Gasteiger partial charge in [0.1, 0.15) is 6.61 Å². The van der Waals surface area contributed by atoms with Crippen LogP contribution in [0.3, 0.4) is 0 Å². The summed E-state index contributed by atoms with van der Waals surface area (Å²) >= 11 is 0. The molecular formula is C17H15NO6. The number of methoxy groups -OCH3 is 1. The molecule has 0 bridgehead atoms. The molecule has 0 radical (unpaired) electrons. The molecule has 0 unspecified atom stereocenters. The van der Waals surface area contributed by atoms with E-state index in [1.54, 1.807) is 18.2 Å². The molecule has 2 aromatic carbocycles. The molecule has 0 aromatic heterocycles. The van der Waals surface area contributed by atoms with Gasteiger partial charge in [-0.25, -0.2) is 4.79 Å². The molecular weight excluding hydrogens is 314 g/mol. The number of esters is 1. The fourth-order valence-electron chi connectivity index (χ4n) is 1.99. The van der Waals surface area contributed by atoms with E-state index >= 15 is 0 Å². The number of nitrogens with zero attached hydrogens (tertiary/aromatic N) is 1. The average molecular weight is 329 g/mol. The molecule has 0 aliphatic heterocycles. The number of carbonyl (C=O) groups excluding carboxylic acids is 1. The molecule has 124 valence electrons. The minimum atomic E-state index is -0.677. The number of hydrogen-bond donors (Lipinski definition) is 1. The average Bonchev–Trinajstić information content (AvgIpc) is 2.59. The summed E-state index contributed by atoms with van der Waals surface area (Å²) in [5.74, 6) is -0.564. The van der Waals surface area contributed by atoms with Crippen LogP contribution in [0, 0.1) is 10.1 Å². The summed E-state index contributed by atoms with van der Waals surface area (Å²) in [5.41, 5.74) is 0.195. The third-order valence-corrected chi connectivity index (χ3v) is 3.16. The molecule has 0 aliphatic rings. The van der Waals surface area contributed by atoms with Gasteiger partial charge >= 0.3 is 5.97 Å². The molecule has 2 aromatic rings. The zero-order valence-corrected chi connectivity index (χ0v) is 12.8. The van der Waals surface area contributed by atoms with Gasteiger partial charge in [0.25, 0.3) is 5.69 Å². The first-order chi connectivity index (χ1) is 11.5. The summed E-state index contributed by atoms with van der Waals surface area (Å²) in [6, 6.07) is 12.3. The number of carbonyl (C=O) groups is 1. The number of rotatable bonds is 6. The Hall–Kier alpha value is -3.35. The number of phenolic OH excluding ortho intramolecular Hbond substituents is 1. The van der Waals surface area contributed by atoms with Crippen LogP contribution in [0.25, 0.3) is 6.08 Å². The molecule has 1 N–H and O–H groups in total. The lowest BCUT2D eigenvalue weighted by Crippen LogP contribution is -2.13. The Morgan fingerprint density at radius 3 is 2.54 bits per heavy atom. The minimum Gasteiger partial charge on any atom is -0.504 e. The van der Waals surface area contributed by atoms with Crippen molar-refractivity contribution in [3.8, 4) is 11.5 Å². The van der Waals surface area contributed by atoms with Gasteiger partial charge in [-0.2, -0.15) is 0 Å². The SMILES string of the molecule is COC(=O)/C(=C\c1ccccc1[N+](=O)[O-])COc1ccccc1O. The van der Waals surface area contributed by atoms with Gasteiger partial charge in [0.15, 0.2) is 11.5 Å². The van der Waals surface area contributed by atoms with Crippen LogP contribution < -0.4 is 4.74 Å². The van der Waals surface area contributed by atoms with Gasteiger partial charge in [0.05, 0.1) is 23.2 Å². The van der Waals surface area contributed by atoms with Gasteiger partial charge in [-0.15, -0.1) is 0 Å². The first kappa shape index (κ1) is 17.0. The Kier molecular flexibility index (Phi) is 5.51. The summed E-state index contributed by atoms with van der Waals surface area (Å²) in [4.78, 5) is 22.4. The number of nitro groups is 1. The van der Waals surface area contributed by atoms with E-state index in [0.29, 0.717) is 0 Å². The predicted octanol–water partition coefficient (Wildman–Crippen LogP) is 2.94. The number of phenols is 1. The maximum absolute atomic E-state index is 11.9. The van der Waals surface area contributed by atoms with Crippen molar-refractivity contribution in [2.24, 2.45) is 0 Å². The van der Waals surface area contributed by atoms with Crippen LogP contribution in [0.4, 0.5) is 5.69 Å². The lowest BCUT2D eigenvalue weighted by molar-refractivity contribution is -0.385. The van der Waals surface area contributed by atoms with E-state index in [0.717, 1.165) is 0 Å². The van der Waals surface area contributed by atoms with Crippen molar-refractivity contribution in [1.82, 2.24) is 0 Å². The topological polar surface area (TPSA) is 98.9 Å². The largest absolute Gasteiger partial charge is 0.504 e. The molecule has 0 saturated carbocycles. The van der Waals surface area contributed by atoms with E-state index in [1.807, 2.05) is 0 Å². The summed E-state index contributed by atoms with van der Waals surface area (Å²) in [7, 11) is 1.20. The van der Waals surface area contributed by atoms with Crippen molar-refractivity contribution in [3.63, 3.8) is 0 Å². The van der Waals surface area contributed by atoms with Crippen LogP contribution in [0.1, 0.15) is 5.56 Å². The van der Waals surface area contributed by atoms with Gasteiger partial charge in [0.2, 0.25) is 0 Å².